The first-order valence-electron chi connectivity index (χ1n) is 8.16. The summed E-state index contributed by atoms with van der Waals surface area (Å²) >= 11 is 1.37. The predicted molar refractivity (Wildman–Crippen MR) is 100 cm³/mol. The van der Waals surface area contributed by atoms with Gasteiger partial charge in [0.1, 0.15) is 10.2 Å². The van der Waals surface area contributed by atoms with E-state index in [0.717, 1.165) is 28.8 Å². The molecule has 7 heteroatoms. The van der Waals surface area contributed by atoms with Crippen molar-refractivity contribution < 1.29 is 0 Å². The lowest BCUT2D eigenvalue weighted by Crippen LogP contribution is -2.29. The largest absolute Gasteiger partial charge is 0.328 e. The molecule has 0 aliphatic rings. The third-order valence-electron chi connectivity index (χ3n) is 4.14. The quantitative estimate of drug-likeness (QED) is 0.612. The number of H-pyrrole nitrogens is 1. The Morgan fingerprint density at radius 2 is 2.12 bits per heavy atom. The van der Waals surface area contributed by atoms with Crippen LogP contribution in [0.25, 0.3) is 31.7 Å². The summed E-state index contributed by atoms with van der Waals surface area (Å²) < 4.78 is 3.07. The second kappa shape index (κ2) is 6.25. The average molecular weight is 352 g/mol. The third-order valence-corrected chi connectivity index (χ3v) is 5.28. The Hall–Kier alpha value is -2.80. The van der Waals surface area contributed by atoms with Gasteiger partial charge in [0.25, 0.3) is 5.56 Å². The fourth-order valence-electron chi connectivity index (χ4n) is 2.90. The van der Waals surface area contributed by atoms with Gasteiger partial charge in [-0.05, 0) is 30.7 Å². The Morgan fingerprint density at radius 3 is 2.88 bits per heavy atom. The Morgan fingerprint density at radius 1 is 1.24 bits per heavy atom. The maximum atomic E-state index is 12.3. The lowest BCUT2D eigenvalue weighted by atomic mass is 10.2. The summed E-state index contributed by atoms with van der Waals surface area (Å²) in [5.41, 5.74) is 2.28. The van der Waals surface area contributed by atoms with Crippen LogP contribution >= 0.6 is 11.3 Å². The highest BCUT2D eigenvalue weighted by Crippen LogP contribution is 2.31. The Bertz CT molecular complexity index is 1170. The Labute approximate surface area is 146 Å². The number of thiophene rings is 1. The maximum Gasteiger partial charge on any atom is 0.328 e. The minimum Gasteiger partial charge on any atom is -0.290 e. The molecule has 0 saturated heterocycles. The van der Waals surface area contributed by atoms with Crippen molar-refractivity contribution >= 4 is 31.8 Å². The van der Waals surface area contributed by atoms with Gasteiger partial charge in [-0.3, -0.25) is 19.3 Å². The minimum absolute atomic E-state index is 0.348. The van der Waals surface area contributed by atoms with E-state index in [4.69, 9.17) is 4.98 Å². The van der Waals surface area contributed by atoms with Crippen LogP contribution < -0.4 is 11.2 Å². The summed E-state index contributed by atoms with van der Waals surface area (Å²) in [4.78, 5) is 35.9. The number of pyridine rings is 2. The van der Waals surface area contributed by atoms with Gasteiger partial charge in [0, 0.05) is 24.5 Å². The lowest BCUT2D eigenvalue weighted by molar-refractivity contribution is 0.619. The SMILES string of the molecule is CCCCn1c(=O)[nH]c(=O)c2sc3ccc(-c4cccnc4)nc3c21. The lowest BCUT2D eigenvalue weighted by Gasteiger charge is -2.06. The van der Waals surface area contributed by atoms with Crippen LogP contribution in [0.5, 0.6) is 0 Å². The van der Waals surface area contributed by atoms with E-state index in [1.165, 1.54) is 11.3 Å². The van der Waals surface area contributed by atoms with E-state index in [9.17, 15) is 9.59 Å². The molecule has 4 rings (SSSR count). The molecule has 4 aromatic rings. The smallest absolute Gasteiger partial charge is 0.290 e. The molecular weight excluding hydrogens is 336 g/mol. The fraction of sp³-hybridized carbons (Fsp3) is 0.222. The van der Waals surface area contributed by atoms with Crippen molar-refractivity contribution in [3.63, 3.8) is 0 Å². The molecule has 0 aliphatic heterocycles. The number of nitrogens with one attached hydrogen (secondary N) is 1. The maximum absolute atomic E-state index is 12.3. The second-order valence-electron chi connectivity index (χ2n) is 5.83. The molecule has 0 bridgehead atoms. The van der Waals surface area contributed by atoms with Gasteiger partial charge in [0.05, 0.1) is 15.9 Å². The molecule has 0 amide bonds. The van der Waals surface area contributed by atoms with Crippen molar-refractivity contribution in [2.75, 3.05) is 0 Å². The van der Waals surface area contributed by atoms with E-state index in [-0.39, 0.29) is 11.2 Å². The first kappa shape index (κ1) is 15.7. The van der Waals surface area contributed by atoms with Crippen molar-refractivity contribution in [1.82, 2.24) is 19.5 Å². The van der Waals surface area contributed by atoms with E-state index >= 15 is 0 Å². The van der Waals surface area contributed by atoms with Gasteiger partial charge in [0.2, 0.25) is 0 Å². The van der Waals surface area contributed by atoms with Crippen LogP contribution in [0.4, 0.5) is 0 Å². The van der Waals surface area contributed by atoms with Crippen molar-refractivity contribution in [2.24, 2.45) is 0 Å². The van der Waals surface area contributed by atoms with Crippen molar-refractivity contribution in [1.29, 1.82) is 0 Å². The van der Waals surface area contributed by atoms with Gasteiger partial charge in [-0.1, -0.05) is 13.3 Å². The highest BCUT2D eigenvalue weighted by atomic mass is 32.1. The van der Waals surface area contributed by atoms with E-state index in [1.54, 1.807) is 17.0 Å². The van der Waals surface area contributed by atoms with E-state index < -0.39 is 0 Å². The third kappa shape index (κ3) is 2.66. The molecule has 0 atom stereocenters. The van der Waals surface area contributed by atoms with Crippen LogP contribution in [0.2, 0.25) is 0 Å². The number of aromatic nitrogens is 4. The zero-order valence-electron chi connectivity index (χ0n) is 13.7. The number of nitrogens with zero attached hydrogens (tertiary/aromatic N) is 3. The molecule has 0 aliphatic carbocycles. The molecule has 25 heavy (non-hydrogen) atoms. The normalized spacial score (nSPS) is 11.4. The Kier molecular flexibility index (Phi) is 3.93. The van der Waals surface area contributed by atoms with Gasteiger partial charge in [-0.2, -0.15) is 0 Å². The number of aromatic amines is 1. The first-order valence-corrected chi connectivity index (χ1v) is 8.97. The number of fused-ring (bicyclic) bond motifs is 3. The second-order valence-corrected chi connectivity index (χ2v) is 6.88. The summed E-state index contributed by atoms with van der Waals surface area (Å²) in [6, 6.07) is 7.66. The van der Waals surface area contributed by atoms with Crippen molar-refractivity contribution in [3.8, 4) is 11.3 Å². The molecule has 0 aromatic carbocycles. The van der Waals surface area contributed by atoms with Crippen molar-refractivity contribution in [3.05, 3.63) is 57.5 Å². The first-order chi connectivity index (χ1) is 12.2. The zero-order chi connectivity index (χ0) is 17.4. The number of hydrogen-bond donors (Lipinski definition) is 1. The molecule has 4 heterocycles. The molecule has 0 unspecified atom stereocenters. The number of unbranched alkanes of at least 4 members (excludes halogenated alkanes) is 1. The van der Waals surface area contributed by atoms with Crippen LogP contribution in [-0.2, 0) is 6.54 Å². The predicted octanol–water partition coefficient (Wildman–Crippen LogP) is 3.16. The summed E-state index contributed by atoms with van der Waals surface area (Å²) in [5, 5.41) is 0. The van der Waals surface area contributed by atoms with E-state index in [0.29, 0.717) is 22.3 Å². The number of rotatable bonds is 4. The molecule has 0 radical (unpaired) electrons. The van der Waals surface area contributed by atoms with Gasteiger partial charge < -0.3 is 0 Å². The Balaban J connectivity index is 2.05. The van der Waals surface area contributed by atoms with Gasteiger partial charge in [-0.15, -0.1) is 11.3 Å². The molecule has 0 fully saturated rings. The molecule has 4 aromatic heterocycles. The minimum atomic E-state index is -0.376. The van der Waals surface area contributed by atoms with Gasteiger partial charge in [-0.25, -0.2) is 9.78 Å². The molecule has 0 spiro atoms. The molecular formula is C18H16N4O2S. The van der Waals surface area contributed by atoms with Crippen LogP contribution in [-0.4, -0.2) is 19.5 Å². The highest BCUT2D eigenvalue weighted by Gasteiger charge is 2.16. The molecule has 6 nitrogen and oxygen atoms in total. The van der Waals surface area contributed by atoms with Crippen LogP contribution in [0, 0.1) is 0 Å². The monoisotopic (exact) mass is 352 g/mol. The van der Waals surface area contributed by atoms with E-state index in [2.05, 4.69) is 16.9 Å². The average Bonchev–Trinajstić information content (AvgIpc) is 3.02. The summed E-state index contributed by atoms with van der Waals surface area (Å²) in [6.45, 7) is 2.63. The van der Waals surface area contributed by atoms with Crippen LogP contribution in [0.1, 0.15) is 19.8 Å². The molecule has 0 saturated carbocycles. The summed E-state index contributed by atoms with van der Waals surface area (Å²) in [7, 11) is 0. The van der Waals surface area contributed by atoms with Crippen LogP contribution in [0.3, 0.4) is 0 Å². The number of aryl methyl sites for hydroxylation is 1. The highest BCUT2D eigenvalue weighted by molar-refractivity contribution is 7.25. The molecule has 126 valence electrons. The standard InChI is InChI=1S/C18H16N4O2S/c1-2-3-9-22-15-14-13(25-16(15)17(23)21-18(22)24)7-6-12(20-14)11-5-4-8-19-10-11/h4-8,10H,2-3,9H2,1H3,(H,21,23,24). The van der Waals surface area contributed by atoms with Crippen molar-refractivity contribution in [2.45, 2.75) is 26.3 Å². The summed E-state index contributed by atoms with van der Waals surface area (Å²) in [6.07, 6.45) is 5.29. The zero-order valence-corrected chi connectivity index (χ0v) is 14.5. The van der Waals surface area contributed by atoms with Crippen LogP contribution in [0.15, 0.2) is 46.2 Å². The van der Waals surface area contributed by atoms with Gasteiger partial charge >= 0.3 is 5.69 Å². The fourth-order valence-corrected chi connectivity index (χ4v) is 3.94. The van der Waals surface area contributed by atoms with E-state index in [1.807, 2.05) is 24.3 Å². The summed E-state index contributed by atoms with van der Waals surface area (Å²) in [5.74, 6) is 0. The molecule has 1 N–H and O–H groups in total. The van der Waals surface area contributed by atoms with Gasteiger partial charge in [0.15, 0.2) is 0 Å². The topological polar surface area (TPSA) is 80.6 Å². The number of hydrogen-bond acceptors (Lipinski definition) is 5.